The van der Waals surface area contributed by atoms with Crippen molar-refractivity contribution in [1.82, 2.24) is 10.2 Å². The van der Waals surface area contributed by atoms with Crippen molar-refractivity contribution in [2.75, 3.05) is 32.9 Å². The Morgan fingerprint density at radius 1 is 1.42 bits per heavy atom. The van der Waals surface area contributed by atoms with Gasteiger partial charge in [0.05, 0.1) is 19.8 Å². The summed E-state index contributed by atoms with van der Waals surface area (Å²) >= 11 is 0. The molecule has 0 bridgehead atoms. The number of hydrogen-bond donors (Lipinski definition) is 1. The van der Waals surface area contributed by atoms with Gasteiger partial charge in [0.25, 0.3) is 0 Å². The molecular weight excluding hydrogens is 248 g/mol. The summed E-state index contributed by atoms with van der Waals surface area (Å²) in [5.41, 5.74) is 0. The topological polar surface area (TPSA) is 67.9 Å². The number of amides is 1. The zero-order valence-corrected chi connectivity index (χ0v) is 11.4. The predicted octanol–water partition coefficient (Wildman–Crippen LogP) is -0.0810. The molecule has 19 heavy (non-hydrogen) atoms. The molecule has 6 heteroatoms. The van der Waals surface area contributed by atoms with Crippen molar-refractivity contribution in [3.05, 3.63) is 0 Å². The van der Waals surface area contributed by atoms with E-state index in [0.29, 0.717) is 26.2 Å². The Hall–Kier alpha value is -1.14. The van der Waals surface area contributed by atoms with Crippen LogP contribution in [0.2, 0.25) is 0 Å². The van der Waals surface area contributed by atoms with Crippen LogP contribution in [0.15, 0.2) is 0 Å². The van der Waals surface area contributed by atoms with E-state index in [0.717, 1.165) is 19.4 Å². The van der Waals surface area contributed by atoms with Crippen LogP contribution in [-0.2, 0) is 19.1 Å². The normalized spacial score (nSPS) is 22.9. The highest BCUT2D eigenvalue weighted by Crippen LogP contribution is 2.27. The second-order valence-electron chi connectivity index (χ2n) is 4.99. The van der Waals surface area contributed by atoms with Gasteiger partial charge in [-0.1, -0.05) is 0 Å². The Morgan fingerprint density at radius 2 is 2.21 bits per heavy atom. The number of carbonyl (C=O) groups excluding carboxylic acids is 2. The Labute approximate surface area is 113 Å². The minimum absolute atomic E-state index is 0.0125. The monoisotopic (exact) mass is 270 g/mol. The summed E-state index contributed by atoms with van der Waals surface area (Å²) < 4.78 is 10.3. The lowest BCUT2D eigenvalue weighted by atomic mass is 10.1. The third-order valence-corrected chi connectivity index (χ3v) is 3.33. The maximum atomic E-state index is 12.3. The highest BCUT2D eigenvalue weighted by atomic mass is 16.5. The van der Waals surface area contributed by atoms with Crippen molar-refractivity contribution in [2.45, 2.75) is 38.3 Å². The highest BCUT2D eigenvalue weighted by molar-refractivity contribution is 5.83. The van der Waals surface area contributed by atoms with Crippen molar-refractivity contribution in [3.63, 3.8) is 0 Å². The van der Waals surface area contributed by atoms with Gasteiger partial charge in [-0.25, -0.2) is 0 Å². The smallest absolute Gasteiger partial charge is 0.325 e. The van der Waals surface area contributed by atoms with E-state index in [1.165, 1.54) is 0 Å². The summed E-state index contributed by atoms with van der Waals surface area (Å²) in [5.74, 6) is -0.311. The second-order valence-corrected chi connectivity index (χ2v) is 4.99. The molecule has 1 saturated heterocycles. The van der Waals surface area contributed by atoms with Crippen molar-refractivity contribution < 1.29 is 19.1 Å². The average molecular weight is 270 g/mol. The molecule has 1 unspecified atom stereocenters. The number of nitrogens with one attached hydrogen (secondary N) is 1. The first-order valence-corrected chi connectivity index (χ1v) is 6.97. The van der Waals surface area contributed by atoms with Gasteiger partial charge in [-0.05, 0) is 19.8 Å². The van der Waals surface area contributed by atoms with E-state index in [9.17, 15) is 9.59 Å². The van der Waals surface area contributed by atoms with Crippen LogP contribution in [0.25, 0.3) is 0 Å². The zero-order valence-electron chi connectivity index (χ0n) is 11.4. The molecule has 1 aliphatic heterocycles. The van der Waals surface area contributed by atoms with Crippen LogP contribution in [0.4, 0.5) is 0 Å². The fourth-order valence-electron chi connectivity index (χ4n) is 2.23. The van der Waals surface area contributed by atoms with E-state index in [1.54, 1.807) is 11.8 Å². The Balaban J connectivity index is 1.83. The van der Waals surface area contributed by atoms with Gasteiger partial charge in [-0.2, -0.15) is 0 Å². The van der Waals surface area contributed by atoms with E-state index in [-0.39, 0.29) is 30.5 Å². The maximum absolute atomic E-state index is 12.3. The number of hydrogen-bond acceptors (Lipinski definition) is 5. The van der Waals surface area contributed by atoms with Crippen molar-refractivity contribution in [1.29, 1.82) is 0 Å². The summed E-state index contributed by atoms with van der Waals surface area (Å²) in [4.78, 5) is 25.4. The molecule has 0 aromatic carbocycles. The van der Waals surface area contributed by atoms with Gasteiger partial charge in [0.1, 0.15) is 6.54 Å². The van der Waals surface area contributed by atoms with Crippen LogP contribution in [-0.4, -0.2) is 61.8 Å². The minimum Gasteiger partial charge on any atom is -0.465 e. The summed E-state index contributed by atoms with van der Waals surface area (Å²) in [6.07, 6.45) is 2.36. The van der Waals surface area contributed by atoms with E-state index in [2.05, 4.69) is 5.32 Å². The molecule has 2 rings (SSSR count). The zero-order chi connectivity index (χ0) is 13.7. The standard InChI is InChI=1S/C13H22N2O4/c1-2-19-13(17)8-15(11-3-4-11)12(16)7-10-9-18-6-5-14-10/h10-11,14H,2-9H2,1H3. The summed E-state index contributed by atoms with van der Waals surface area (Å²) in [6, 6.07) is 0.283. The van der Waals surface area contributed by atoms with Gasteiger partial charge < -0.3 is 19.7 Å². The largest absolute Gasteiger partial charge is 0.465 e. The van der Waals surface area contributed by atoms with Gasteiger partial charge in [0.2, 0.25) is 5.91 Å². The second kappa shape index (κ2) is 6.86. The lowest BCUT2D eigenvalue weighted by molar-refractivity contribution is -0.149. The minimum atomic E-state index is -0.324. The van der Waals surface area contributed by atoms with Crippen LogP contribution in [0, 0.1) is 0 Å². The molecule has 108 valence electrons. The molecule has 1 aliphatic carbocycles. The lowest BCUT2D eigenvalue weighted by Gasteiger charge is -2.27. The molecule has 6 nitrogen and oxygen atoms in total. The van der Waals surface area contributed by atoms with E-state index in [4.69, 9.17) is 9.47 Å². The highest BCUT2D eigenvalue weighted by Gasteiger charge is 2.35. The quantitative estimate of drug-likeness (QED) is 0.684. The van der Waals surface area contributed by atoms with Crippen molar-refractivity contribution in [2.24, 2.45) is 0 Å². The molecule has 1 amide bonds. The first-order chi connectivity index (χ1) is 9.20. The van der Waals surface area contributed by atoms with Crippen LogP contribution in [0.3, 0.4) is 0 Å². The Morgan fingerprint density at radius 3 is 2.79 bits per heavy atom. The Bertz CT molecular complexity index is 325. The predicted molar refractivity (Wildman–Crippen MR) is 68.6 cm³/mol. The molecule has 1 saturated carbocycles. The fourth-order valence-corrected chi connectivity index (χ4v) is 2.23. The molecule has 0 spiro atoms. The molecule has 2 fully saturated rings. The fraction of sp³-hybridized carbons (Fsp3) is 0.846. The first-order valence-electron chi connectivity index (χ1n) is 6.97. The molecule has 2 aliphatic rings. The van der Waals surface area contributed by atoms with Gasteiger partial charge in [-0.3, -0.25) is 9.59 Å². The number of esters is 1. The molecule has 0 radical (unpaired) electrons. The van der Waals surface area contributed by atoms with Gasteiger partial charge in [0.15, 0.2) is 0 Å². The molecule has 1 atom stereocenters. The molecular formula is C13H22N2O4. The number of nitrogens with zero attached hydrogens (tertiary/aromatic N) is 1. The molecule has 0 aromatic rings. The van der Waals surface area contributed by atoms with Crippen molar-refractivity contribution >= 4 is 11.9 Å². The number of morpholine rings is 1. The van der Waals surface area contributed by atoms with Crippen molar-refractivity contribution in [3.8, 4) is 0 Å². The van der Waals surface area contributed by atoms with Gasteiger partial charge in [0, 0.05) is 25.0 Å². The van der Waals surface area contributed by atoms with Crippen LogP contribution in [0.5, 0.6) is 0 Å². The summed E-state index contributed by atoms with van der Waals surface area (Å²) in [7, 11) is 0. The van der Waals surface area contributed by atoms with Gasteiger partial charge >= 0.3 is 5.97 Å². The van der Waals surface area contributed by atoms with E-state index < -0.39 is 0 Å². The Kier molecular flexibility index (Phi) is 5.15. The average Bonchev–Trinajstić information content (AvgIpc) is 3.21. The number of ether oxygens (including phenoxy) is 2. The molecule has 0 aromatic heterocycles. The molecule has 1 heterocycles. The van der Waals surface area contributed by atoms with Crippen LogP contribution >= 0.6 is 0 Å². The van der Waals surface area contributed by atoms with Crippen LogP contribution < -0.4 is 5.32 Å². The summed E-state index contributed by atoms with van der Waals surface area (Å²) in [6.45, 7) is 4.22. The number of rotatable bonds is 6. The van der Waals surface area contributed by atoms with E-state index in [1.807, 2.05) is 0 Å². The van der Waals surface area contributed by atoms with Gasteiger partial charge in [-0.15, -0.1) is 0 Å². The first kappa shape index (κ1) is 14.3. The third-order valence-electron chi connectivity index (χ3n) is 3.33. The van der Waals surface area contributed by atoms with E-state index >= 15 is 0 Å². The SMILES string of the molecule is CCOC(=O)CN(C(=O)CC1COCCN1)C1CC1. The number of carbonyl (C=O) groups is 2. The van der Waals surface area contributed by atoms with Crippen LogP contribution in [0.1, 0.15) is 26.2 Å². The lowest BCUT2D eigenvalue weighted by Crippen LogP contribution is -2.46. The maximum Gasteiger partial charge on any atom is 0.325 e. The molecule has 1 N–H and O–H groups in total. The summed E-state index contributed by atoms with van der Waals surface area (Å²) in [5, 5.41) is 3.25. The third kappa shape index (κ3) is 4.47.